The number of carbonyl (C=O) groups is 1. The van der Waals surface area contributed by atoms with Crippen molar-refractivity contribution in [3.05, 3.63) is 48.3 Å². The highest BCUT2D eigenvalue weighted by molar-refractivity contribution is 6.05. The number of para-hydroxylation sites is 1. The van der Waals surface area contributed by atoms with Crippen molar-refractivity contribution in [3.8, 4) is 0 Å². The average Bonchev–Trinajstić information content (AvgIpc) is 2.82. The molecule has 1 aromatic heterocycles. The number of amides is 1. The second-order valence-electron chi connectivity index (χ2n) is 3.41. The lowest BCUT2D eigenvalue weighted by Gasteiger charge is -2.24. The molecule has 0 atom stereocenters. The number of hydrogen-bond donors (Lipinski definition) is 1. The molecule has 1 amide bonds. The molecular formula is C11H8F3N3O. The molecule has 2 aromatic rings. The smallest absolute Gasteiger partial charge is 0.273 e. The zero-order chi connectivity index (χ0) is 13.2. The van der Waals surface area contributed by atoms with Gasteiger partial charge in [0.25, 0.3) is 5.91 Å². The third-order valence-corrected chi connectivity index (χ3v) is 2.20. The summed E-state index contributed by atoms with van der Waals surface area (Å²) >= 11 is 0. The number of anilines is 1. The minimum absolute atomic E-state index is 0.226. The van der Waals surface area contributed by atoms with Crippen LogP contribution in [0.3, 0.4) is 0 Å². The number of hydrogen-bond acceptors (Lipinski definition) is 2. The van der Waals surface area contributed by atoms with Crippen molar-refractivity contribution in [1.82, 2.24) is 10.2 Å². The number of alkyl halides is 3. The molecule has 0 unspecified atom stereocenters. The Balaban J connectivity index is 2.42. The van der Waals surface area contributed by atoms with Gasteiger partial charge in [-0.15, -0.1) is 13.2 Å². The van der Waals surface area contributed by atoms with E-state index in [4.69, 9.17) is 0 Å². The van der Waals surface area contributed by atoms with Crippen molar-refractivity contribution in [2.24, 2.45) is 0 Å². The Hall–Kier alpha value is -2.31. The SMILES string of the molecule is O=C(c1ccn[nH]1)N(c1ccccc1)C(F)(F)F. The first-order valence-corrected chi connectivity index (χ1v) is 4.96. The van der Waals surface area contributed by atoms with Crippen molar-refractivity contribution in [2.45, 2.75) is 6.30 Å². The van der Waals surface area contributed by atoms with Crippen molar-refractivity contribution < 1.29 is 18.0 Å². The highest BCUT2D eigenvalue weighted by Crippen LogP contribution is 2.29. The summed E-state index contributed by atoms with van der Waals surface area (Å²) in [4.78, 5) is 11.6. The number of nitrogens with one attached hydrogen (secondary N) is 1. The van der Waals surface area contributed by atoms with E-state index in [9.17, 15) is 18.0 Å². The van der Waals surface area contributed by atoms with Crippen LogP contribution in [0.25, 0.3) is 0 Å². The number of nitrogens with zero attached hydrogens (tertiary/aromatic N) is 2. The van der Waals surface area contributed by atoms with Gasteiger partial charge in [0.15, 0.2) is 0 Å². The molecule has 0 aliphatic heterocycles. The third kappa shape index (κ3) is 2.34. The summed E-state index contributed by atoms with van der Waals surface area (Å²) in [6.45, 7) is 0. The van der Waals surface area contributed by atoms with Crippen LogP contribution in [-0.2, 0) is 0 Å². The Morgan fingerprint density at radius 1 is 1.17 bits per heavy atom. The minimum atomic E-state index is -4.80. The number of halogens is 3. The summed E-state index contributed by atoms with van der Waals surface area (Å²) in [7, 11) is 0. The zero-order valence-corrected chi connectivity index (χ0v) is 8.98. The van der Waals surface area contributed by atoms with E-state index in [0.29, 0.717) is 0 Å². The van der Waals surface area contributed by atoms with Gasteiger partial charge in [0.2, 0.25) is 0 Å². The molecule has 0 spiro atoms. The fourth-order valence-corrected chi connectivity index (χ4v) is 1.45. The lowest BCUT2D eigenvalue weighted by atomic mass is 10.2. The van der Waals surface area contributed by atoms with Crippen LogP contribution in [0.2, 0.25) is 0 Å². The van der Waals surface area contributed by atoms with Gasteiger partial charge in [0.05, 0.1) is 5.69 Å². The van der Waals surface area contributed by atoms with Crippen molar-refractivity contribution in [2.75, 3.05) is 4.90 Å². The third-order valence-electron chi connectivity index (χ3n) is 2.20. The van der Waals surface area contributed by atoms with Crippen molar-refractivity contribution in [3.63, 3.8) is 0 Å². The highest BCUT2D eigenvalue weighted by Gasteiger charge is 2.43. The first-order valence-electron chi connectivity index (χ1n) is 4.96. The van der Waals surface area contributed by atoms with E-state index in [0.717, 1.165) is 0 Å². The summed E-state index contributed by atoms with van der Waals surface area (Å²) in [6.07, 6.45) is -3.59. The van der Waals surface area contributed by atoms with Crippen LogP contribution in [0.15, 0.2) is 42.6 Å². The van der Waals surface area contributed by atoms with Gasteiger partial charge in [0.1, 0.15) is 5.69 Å². The molecule has 0 bridgehead atoms. The zero-order valence-electron chi connectivity index (χ0n) is 8.98. The maximum Gasteiger partial charge on any atom is 0.491 e. The summed E-state index contributed by atoms with van der Waals surface area (Å²) < 4.78 is 38.8. The monoisotopic (exact) mass is 255 g/mol. The first kappa shape index (κ1) is 12.2. The van der Waals surface area contributed by atoms with Gasteiger partial charge in [-0.3, -0.25) is 9.89 Å². The second-order valence-corrected chi connectivity index (χ2v) is 3.41. The van der Waals surface area contributed by atoms with Gasteiger partial charge < -0.3 is 0 Å². The largest absolute Gasteiger partial charge is 0.491 e. The first-order chi connectivity index (χ1) is 8.50. The molecule has 1 aromatic carbocycles. The number of benzene rings is 1. The number of H-pyrrole nitrogens is 1. The summed E-state index contributed by atoms with van der Waals surface area (Å²) in [5, 5.41) is 5.68. The van der Waals surface area contributed by atoms with Crippen LogP contribution in [0.1, 0.15) is 10.5 Å². The summed E-state index contributed by atoms with van der Waals surface area (Å²) in [5.41, 5.74) is -0.472. The molecule has 0 radical (unpaired) electrons. The fourth-order valence-electron chi connectivity index (χ4n) is 1.45. The van der Waals surface area contributed by atoms with Crippen LogP contribution >= 0.6 is 0 Å². The average molecular weight is 255 g/mol. The molecule has 1 N–H and O–H groups in total. The van der Waals surface area contributed by atoms with Crippen molar-refractivity contribution >= 4 is 11.6 Å². The van der Waals surface area contributed by atoms with Gasteiger partial charge in [-0.2, -0.15) is 5.10 Å². The van der Waals surface area contributed by atoms with E-state index in [1.54, 1.807) is 6.07 Å². The van der Waals surface area contributed by atoms with Crippen LogP contribution in [0.5, 0.6) is 0 Å². The molecule has 18 heavy (non-hydrogen) atoms. The van der Waals surface area contributed by atoms with E-state index in [2.05, 4.69) is 10.2 Å². The number of carbonyl (C=O) groups excluding carboxylic acids is 1. The summed E-state index contributed by atoms with van der Waals surface area (Å²) in [5.74, 6) is -1.20. The fraction of sp³-hybridized carbons (Fsp3) is 0.0909. The van der Waals surface area contributed by atoms with Crippen LogP contribution in [0, 0.1) is 0 Å². The predicted molar refractivity (Wildman–Crippen MR) is 57.9 cm³/mol. The van der Waals surface area contributed by atoms with Crippen LogP contribution in [-0.4, -0.2) is 22.4 Å². The Morgan fingerprint density at radius 2 is 1.83 bits per heavy atom. The number of aromatic amines is 1. The molecule has 0 fully saturated rings. The minimum Gasteiger partial charge on any atom is -0.273 e. The molecule has 1 heterocycles. The van der Waals surface area contributed by atoms with Gasteiger partial charge in [-0.1, -0.05) is 18.2 Å². The molecule has 2 rings (SSSR count). The van der Waals surface area contributed by atoms with Gasteiger partial charge in [0, 0.05) is 6.20 Å². The molecule has 0 saturated carbocycles. The van der Waals surface area contributed by atoms with Crippen LogP contribution < -0.4 is 4.90 Å². The maximum atomic E-state index is 12.9. The molecule has 94 valence electrons. The maximum absolute atomic E-state index is 12.9. The van der Waals surface area contributed by atoms with Gasteiger partial charge in [-0.25, -0.2) is 4.90 Å². The lowest BCUT2D eigenvalue weighted by molar-refractivity contribution is -0.122. The van der Waals surface area contributed by atoms with Gasteiger partial charge >= 0.3 is 6.30 Å². The van der Waals surface area contributed by atoms with Crippen LogP contribution in [0.4, 0.5) is 18.9 Å². The Kier molecular flexibility index (Phi) is 3.05. The van der Waals surface area contributed by atoms with E-state index in [-0.39, 0.29) is 16.3 Å². The quantitative estimate of drug-likeness (QED) is 0.838. The Morgan fingerprint density at radius 3 is 2.33 bits per heavy atom. The van der Waals surface area contributed by atoms with Gasteiger partial charge in [-0.05, 0) is 18.2 Å². The molecule has 4 nitrogen and oxygen atoms in total. The van der Waals surface area contributed by atoms with E-state index in [1.807, 2.05) is 0 Å². The number of rotatable bonds is 2. The highest BCUT2D eigenvalue weighted by atomic mass is 19.4. The Labute approximate surface area is 100 Å². The second kappa shape index (κ2) is 4.52. The predicted octanol–water partition coefficient (Wildman–Crippen LogP) is 2.58. The van der Waals surface area contributed by atoms with Crippen molar-refractivity contribution in [1.29, 1.82) is 0 Å². The normalized spacial score (nSPS) is 11.3. The Bertz CT molecular complexity index is 522. The standard InChI is InChI=1S/C11H8F3N3O/c12-11(13,14)17(8-4-2-1-3-5-8)10(18)9-6-7-15-16-9/h1-7H,(H,15,16). The number of aromatic nitrogens is 2. The molecule has 0 aliphatic carbocycles. The van der Waals surface area contributed by atoms with E-state index in [1.165, 1.54) is 36.5 Å². The van der Waals surface area contributed by atoms with E-state index >= 15 is 0 Å². The lowest BCUT2D eigenvalue weighted by Crippen LogP contribution is -2.43. The molecule has 0 saturated heterocycles. The van der Waals surface area contributed by atoms with E-state index < -0.39 is 12.2 Å². The molecule has 7 heteroatoms. The molecular weight excluding hydrogens is 247 g/mol. The summed E-state index contributed by atoms with van der Waals surface area (Å²) in [6, 6.07) is 8.02. The topological polar surface area (TPSA) is 49.0 Å². The molecule has 0 aliphatic rings.